The predicted octanol–water partition coefficient (Wildman–Crippen LogP) is 3.47. The monoisotopic (exact) mass is 380 g/mol. The van der Waals surface area contributed by atoms with Crippen LogP contribution in [0.1, 0.15) is 23.6 Å². The minimum absolute atomic E-state index is 0.0246. The van der Waals surface area contributed by atoms with Crippen molar-refractivity contribution in [3.05, 3.63) is 69.5 Å². The zero-order valence-electron chi connectivity index (χ0n) is 13.1. The first-order chi connectivity index (χ1) is 11.9. The predicted molar refractivity (Wildman–Crippen MR) is 94.0 cm³/mol. The van der Waals surface area contributed by atoms with Gasteiger partial charge in [0.25, 0.3) is 0 Å². The Labute approximate surface area is 154 Å². The largest absolute Gasteiger partial charge is 0.355 e. The zero-order chi connectivity index (χ0) is 18.0. The molecule has 1 unspecified atom stereocenters. The van der Waals surface area contributed by atoms with Crippen LogP contribution in [0.4, 0.5) is 4.39 Å². The molecule has 1 heterocycles. The lowest BCUT2D eigenvalue weighted by molar-refractivity contribution is -0.126. The van der Waals surface area contributed by atoms with Gasteiger partial charge in [-0.05, 0) is 35.4 Å². The van der Waals surface area contributed by atoms with Crippen molar-refractivity contribution in [1.82, 2.24) is 10.6 Å². The van der Waals surface area contributed by atoms with E-state index in [9.17, 15) is 14.0 Å². The topological polar surface area (TPSA) is 58.2 Å². The number of carbonyl (C=O) groups excluding carboxylic acids is 2. The molecule has 0 spiro atoms. The number of amides is 2. The van der Waals surface area contributed by atoms with Gasteiger partial charge in [0.05, 0.1) is 17.0 Å². The van der Waals surface area contributed by atoms with Crippen LogP contribution >= 0.6 is 23.2 Å². The Hall–Kier alpha value is -2.11. The highest BCUT2D eigenvalue weighted by Crippen LogP contribution is 2.27. The Morgan fingerprint density at radius 1 is 1.16 bits per heavy atom. The van der Waals surface area contributed by atoms with Crippen LogP contribution in [0.5, 0.6) is 0 Å². The molecule has 0 saturated carbocycles. The van der Waals surface area contributed by atoms with Crippen LogP contribution < -0.4 is 10.6 Å². The minimum Gasteiger partial charge on any atom is -0.355 e. The summed E-state index contributed by atoms with van der Waals surface area (Å²) in [6, 6.07) is 10.8. The van der Waals surface area contributed by atoms with Crippen LogP contribution in [-0.4, -0.2) is 18.4 Å². The van der Waals surface area contributed by atoms with E-state index >= 15 is 0 Å². The van der Waals surface area contributed by atoms with Crippen molar-refractivity contribution in [2.24, 2.45) is 5.92 Å². The van der Waals surface area contributed by atoms with Gasteiger partial charge in [-0.25, -0.2) is 4.39 Å². The summed E-state index contributed by atoms with van der Waals surface area (Å²) < 4.78 is 13.5. The smallest absolute Gasteiger partial charge is 0.226 e. The molecule has 3 rings (SSSR count). The van der Waals surface area contributed by atoms with E-state index in [2.05, 4.69) is 10.6 Å². The molecule has 2 N–H and O–H groups in total. The first kappa shape index (κ1) is 17.7. The fourth-order valence-corrected chi connectivity index (χ4v) is 3.07. The molecule has 2 aromatic rings. The first-order valence-corrected chi connectivity index (χ1v) is 8.47. The molecule has 7 heteroatoms. The average molecular weight is 381 g/mol. The second-order valence-corrected chi connectivity index (χ2v) is 6.72. The third-order valence-corrected chi connectivity index (χ3v) is 4.66. The summed E-state index contributed by atoms with van der Waals surface area (Å²) >= 11 is 11.8. The summed E-state index contributed by atoms with van der Waals surface area (Å²) in [4.78, 5) is 23.9. The van der Waals surface area contributed by atoms with Gasteiger partial charge < -0.3 is 10.6 Å². The number of benzene rings is 2. The number of halogens is 3. The van der Waals surface area contributed by atoms with E-state index in [0.717, 1.165) is 5.56 Å². The van der Waals surface area contributed by atoms with Gasteiger partial charge >= 0.3 is 0 Å². The van der Waals surface area contributed by atoms with Crippen LogP contribution in [-0.2, 0) is 9.59 Å². The highest BCUT2D eigenvalue weighted by atomic mass is 35.5. The molecule has 130 valence electrons. The molecule has 1 aliphatic heterocycles. The summed E-state index contributed by atoms with van der Waals surface area (Å²) in [5.74, 6) is -1.36. The number of carbonyl (C=O) groups is 2. The Morgan fingerprint density at radius 2 is 1.84 bits per heavy atom. The standard InChI is InChI=1S/C18H15Cl2FN2O2/c19-13-4-1-10(2-5-13)17(11-3-6-15(21)14(20)7-11)23-18(25)12-8-16(24)22-9-12/h1-7,12,17H,8-9H2,(H,22,24)(H,23,25)/t12?,17-/m0/s1. The summed E-state index contributed by atoms with van der Waals surface area (Å²) in [5, 5.41) is 6.10. The second kappa shape index (κ2) is 7.42. The van der Waals surface area contributed by atoms with E-state index in [1.807, 2.05) is 0 Å². The zero-order valence-corrected chi connectivity index (χ0v) is 14.6. The lowest BCUT2D eigenvalue weighted by Gasteiger charge is -2.22. The lowest BCUT2D eigenvalue weighted by Crippen LogP contribution is -2.35. The van der Waals surface area contributed by atoms with Crippen LogP contribution in [0.15, 0.2) is 42.5 Å². The van der Waals surface area contributed by atoms with Crippen molar-refractivity contribution >= 4 is 35.0 Å². The summed E-state index contributed by atoms with van der Waals surface area (Å²) in [7, 11) is 0. The van der Waals surface area contributed by atoms with E-state index in [1.54, 1.807) is 30.3 Å². The van der Waals surface area contributed by atoms with Gasteiger partial charge in [0.2, 0.25) is 11.8 Å². The molecule has 1 saturated heterocycles. The molecule has 0 radical (unpaired) electrons. The molecule has 25 heavy (non-hydrogen) atoms. The molecule has 0 aromatic heterocycles. The molecule has 4 nitrogen and oxygen atoms in total. The molecule has 0 aliphatic carbocycles. The minimum atomic E-state index is -0.530. The van der Waals surface area contributed by atoms with Crippen molar-refractivity contribution in [2.75, 3.05) is 6.54 Å². The Kier molecular flexibility index (Phi) is 5.25. The number of nitrogens with one attached hydrogen (secondary N) is 2. The van der Waals surface area contributed by atoms with Crippen molar-refractivity contribution in [1.29, 1.82) is 0 Å². The second-order valence-electron chi connectivity index (χ2n) is 5.87. The molecular weight excluding hydrogens is 366 g/mol. The maximum atomic E-state index is 13.5. The van der Waals surface area contributed by atoms with Gasteiger partial charge in [0, 0.05) is 18.0 Å². The van der Waals surface area contributed by atoms with Crippen molar-refractivity contribution in [3.8, 4) is 0 Å². The van der Waals surface area contributed by atoms with E-state index in [-0.39, 0.29) is 23.3 Å². The van der Waals surface area contributed by atoms with Gasteiger partial charge in [0.15, 0.2) is 0 Å². The average Bonchev–Trinajstić information content (AvgIpc) is 3.03. The number of hydrogen-bond donors (Lipinski definition) is 2. The number of hydrogen-bond acceptors (Lipinski definition) is 2. The third-order valence-electron chi connectivity index (χ3n) is 4.12. The van der Waals surface area contributed by atoms with Crippen molar-refractivity contribution < 1.29 is 14.0 Å². The number of rotatable bonds is 4. The van der Waals surface area contributed by atoms with Crippen LogP contribution in [0.3, 0.4) is 0 Å². The molecule has 1 fully saturated rings. The normalized spacial score (nSPS) is 17.9. The van der Waals surface area contributed by atoms with E-state index in [1.165, 1.54) is 12.1 Å². The first-order valence-electron chi connectivity index (χ1n) is 7.71. The maximum Gasteiger partial charge on any atom is 0.226 e. The van der Waals surface area contributed by atoms with Crippen molar-refractivity contribution in [2.45, 2.75) is 12.5 Å². The van der Waals surface area contributed by atoms with Gasteiger partial charge in [0.1, 0.15) is 5.82 Å². The van der Waals surface area contributed by atoms with Crippen LogP contribution in [0.25, 0.3) is 0 Å². The van der Waals surface area contributed by atoms with Gasteiger partial charge in [-0.1, -0.05) is 41.4 Å². The van der Waals surface area contributed by atoms with Crippen LogP contribution in [0.2, 0.25) is 10.0 Å². The third kappa shape index (κ3) is 4.11. The van der Waals surface area contributed by atoms with Gasteiger partial charge in [-0.2, -0.15) is 0 Å². The maximum absolute atomic E-state index is 13.5. The van der Waals surface area contributed by atoms with Crippen LogP contribution in [0, 0.1) is 11.7 Å². The molecule has 2 amide bonds. The van der Waals surface area contributed by atoms with E-state index in [4.69, 9.17) is 23.2 Å². The lowest BCUT2D eigenvalue weighted by atomic mass is 9.97. The highest BCUT2D eigenvalue weighted by molar-refractivity contribution is 6.31. The molecule has 1 aliphatic rings. The molecule has 2 atom stereocenters. The van der Waals surface area contributed by atoms with Crippen molar-refractivity contribution in [3.63, 3.8) is 0 Å². The van der Waals surface area contributed by atoms with E-state index in [0.29, 0.717) is 17.1 Å². The Morgan fingerprint density at radius 3 is 2.44 bits per heavy atom. The van der Waals surface area contributed by atoms with Gasteiger partial charge in [-0.15, -0.1) is 0 Å². The fraction of sp³-hybridized carbons (Fsp3) is 0.222. The van der Waals surface area contributed by atoms with E-state index < -0.39 is 17.8 Å². The van der Waals surface area contributed by atoms with Gasteiger partial charge in [-0.3, -0.25) is 9.59 Å². The Bertz CT molecular complexity index is 811. The molecule has 0 bridgehead atoms. The molecule has 2 aromatic carbocycles. The Balaban J connectivity index is 1.91. The highest BCUT2D eigenvalue weighted by Gasteiger charge is 2.30. The summed E-state index contributed by atoms with van der Waals surface area (Å²) in [6.07, 6.45) is 0.156. The SMILES string of the molecule is O=C1CC(C(=O)N[C@@H](c2ccc(Cl)cc2)c2ccc(F)c(Cl)c2)CN1. The summed E-state index contributed by atoms with van der Waals surface area (Å²) in [6.45, 7) is 0.308. The molecular formula is C18H15Cl2FN2O2. The summed E-state index contributed by atoms with van der Waals surface area (Å²) in [5.41, 5.74) is 1.41. The quantitative estimate of drug-likeness (QED) is 0.852. The fourth-order valence-electron chi connectivity index (χ4n) is 2.76.